The summed E-state index contributed by atoms with van der Waals surface area (Å²) in [5.41, 5.74) is 5.34. The van der Waals surface area contributed by atoms with Crippen LogP contribution < -0.4 is 5.73 Å². The van der Waals surface area contributed by atoms with Crippen LogP contribution in [0.3, 0.4) is 0 Å². The van der Waals surface area contributed by atoms with E-state index in [0.717, 1.165) is 0 Å². The van der Waals surface area contributed by atoms with Crippen molar-refractivity contribution in [2.45, 2.75) is 39.3 Å². The number of rotatable bonds is 3. The Balaban J connectivity index is 4.61. The molecule has 0 rings (SSSR count). The van der Waals surface area contributed by atoms with E-state index in [1.807, 2.05) is 20.8 Å². The lowest BCUT2D eigenvalue weighted by Gasteiger charge is -2.36. The minimum absolute atomic E-state index is 0.0348. The van der Waals surface area contributed by atoms with Gasteiger partial charge in [0.05, 0.1) is 6.04 Å². The van der Waals surface area contributed by atoms with E-state index in [-0.39, 0.29) is 11.4 Å². The molecule has 0 bridgehead atoms. The molecule has 0 aromatic rings. The molecule has 1 amide bonds. The van der Waals surface area contributed by atoms with Crippen LogP contribution in [0, 0.1) is 0 Å². The highest BCUT2D eigenvalue weighted by atomic mass is 16.2. The smallest absolute Gasteiger partial charge is 0.239 e. The highest BCUT2D eigenvalue weighted by Crippen LogP contribution is 2.13. The van der Waals surface area contributed by atoms with Crippen LogP contribution in [0.2, 0.25) is 0 Å². The highest BCUT2D eigenvalue weighted by Gasteiger charge is 2.26. The number of nitrogens with two attached hydrogens (primary N) is 1. The van der Waals surface area contributed by atoms with Crippen molar-refractivity contribution in [2.24, 2.45) is 5.73 Å². The van der Waals surface area contributed by atoms with E-state index < -0.39 is 6.04 Å². The van der Waals surface area contributed by atoms with Gasteiger partial charge in [0.25, 0.3) is 0 Å². The third kappa shape index (κ3) is 3.59. The number of amides is 1. The van der Waals surface area contributed by atoms with Crippen molar-refractivity contribution in [3.8, 4) is 0 Å². The second-order valence-electron chi connectivity index (χ2n) is 4.20. The summed E-state index contributed by atoms with van der Waals surface area (Å²) < 4.78 is 0. The molecular weight excluding hydrogens is 164 g/mol. The van der Waals surface area contributed by atoms with Gasteiger partial charge in [0.1, 0.15) is 0 Å². The molecule has 0 spiro atoms. The fourth-order valence-electron chi connectivity index (χ4n) is 1.07. The fourth-order valence-corrected chi connectivity index (χ4v) is 1.07. The van der Waals surface area contributed by atoms with Gasteiger partial charge in [-0.2, -0.15) is 0 Å². The molecule has 0 aliphatic carbocycles. The molecule has 0 aliphatic heterocycles. The maximum Gasteiger partial charge on any atom is 0.239 e. The molecule has 76 valence electrons. The van der Waals surface area contributed by atoms with Crippen LogP contribution in [-0.4, -0.2) is 28.9 Å². The monoisotopic (exact) mass is 184 g/mol. The first-order chi connectivity index (χ1) is 5.80. The summed E-state index contributed by atoms with van der Waals surface area (Å²) in [6.45, 7) is 11.8. The zero-order valence-corrected chi connectivity index (χ0v) is 9.00. The van der Waals surface area contributed by atoms with Crippen LogP contribution in [-0.2, 0) is 4.79 Å². The lowest BCUT2D eigenvalue weighted by Crippen LogP contribution is -2.51. The van der Waals surface area contributed by atoms with Gasteiger partial charge in [-0.15, -0.1) is 6.58 Å². The standard InChI is InChI=1S/C10H20N2O/c1-6-7-12(10(3,4)5)9(13)8(2)11/h6,8H,1,7,11H2,2-5H3/t8-/m1/s1. The van der Waals surface area contributed by atoms with E-state index in [4.69, 9.17) is 5.73 Å². The summed E-state index contributed by atoms with van der Waals surface area (Å²) in [7, 11) is 0. The summed E-state index contributed by atoms with van der Waals surface area (Å²) in [5, 5.41) is 0. The topological polar surface area (TPSA) is 46.3 Å². The van der Waals surface area contributed by atoms with E-state index in [2.05, 4.69) is 6.58 Å². The van der Waals surface area contributed by atoms with E-state index in [1.54, 1.807) is 17.9 Å². The lowest BCUT2D eigenvalue weighted by atomic mass is 10.0. The molecule has 1 atom stereocenters. The Bertz CT molecular complexity index is 192. The van der Waals surface area contributed by atoms with Gasteiger partial charge >= 0.3 is 0 Å². The van der Waals surface area contributed by atoms with Gasteiger partial charge in [0.15, 0.2) is 0 Å². The van der Waals surface area contributed by atoms with E-state index in [1.165, 1.54) is 0 Å². The molecular formula is C10H20N2O. The zero-order valence-electron chi connectivity index (χ0n) is 9.00. The molecule has 2 N–H and O–H groups in total. The Morgan fingerprint density at radius 3 is 2.31 bits per heavy atom. The summed E-state index contributed by atoms with van der Waals surface area (Å²) in [5.74, 6) is -0.0348. The minimum Gasteiger partial charge on any atom is -0.333 e. The second kappa shape index (κ2) is 4.42. The van der Waals surface area contributed by atoms with Crippen molar-refractivity contribution in [3.63, 3.8) is 0 Å². The van der Waals surface area contributed by atoms with Crippen LogP contribution in [0.5, 0.6) is 0 Å². The van der Waals surface area contributed by atoms with Gasteiger partial charge in [-0.25, -0.2) is 0 Å². The van der Waals surface area contributed by atoms with Crippen molar-refractivity contribution in [1.29, 1.82) is 0 Å². The van der Waals surface area contributed by atoms with Gasteiger partial charge in [0, 0.05) is 12.1 Å². The van der Waals surface area contributed by atoms with Gasteiger partial charge < -0.3 is 10.6 Å². The molecule has 13 heavy (non-hydrogen) atoms. The summed E-state index contributed by atoms with van der Waals surface area (Å²) in [6, 6.07) is -0.445. The third-order valence-electron chi connectivity index (χ3n) is 1.78. The molecule has 3 heteroatoms. The molecule has 0 fully saturated rings. The lowest BCUT2D eigenvalue weighted by molar-refractivity contribution is -0.136. The van der Waals surface area contributed by atoms with Crippen molar-refractivity contribution < 1.29 is 4.79 Å². The van der Waals surface area contributed by atoms with Crippen molar-refractivity contribution in [1.82, 2.24) is 4.90 Å². The van der Waals surface area contributed by atoms with Crippen LogP contribution >= 0.6 is 0 Å². The third-order valence-corrected chi connectivity index (χ3v) is 1.78. The minimum atomic E-state index is -0.445. The van der Waals surface area contributed by atoms with Crippen molar-refractivity contribution in [2.75, 3.05) is 6.54 Å². The van der Waals surface area contributed by atoms with Crippen LogP contribution in [0.4, 0.5) is 0 Å². The normalized spacial score (nSPS) is 13.6. The van der Waals surface area contributed by atoms with Crippen LogP contribution in [0.1, 0.15) is 27.7 Å². The first kappa shape index (κ1) is 12.2. The number of hydrogen-bond acceptors (Lipinski definition) is 2. The first-order valence-corrected chi connectivity index (χ1v) is 4.48. The SMILES string of the molecule is C=CCN(C(=O)[C@@H](C)N)C(C)(C)C. The molecule has 0 aromatic carbocycles. The van der Waals surface area contributed by atoms with Crippen molar-refractivity contribution in [3.05, 3.63) is 12.7 Å². The molecule has 0 saturated heterocycles. The van der Waals surface area contributed by atoms with Crippen molar-refractivity contribution >= 4 is 5.91 Å². The number of carbonyl (C=O) groups excluding carboxylic acids is 1. The average molecular weight is 184 g/mol. The van der Waals surface area contributed by atoms with Gasteiger partial charge in [0.2, 0.25) is 5.91 Å². The average Bonchev–Trinajstić information content (AvgIpc) is 1.96. The predicted octanol–water partition coefficient (Wildman–Crippen LogP) is 1.15. The highest BCUT2D eigenvalue weighted by molar-refractivity contribution is 5.82. The Labute approximate surface area is 80.6 Å². The quantitative estimate of drug-likeness (QED) is 0.669. The summed E-state index contributed by atoms with van der Waals surface area (Å²) in [6.07, 6.45) is 1.71. The molecule has 0 unspecified atom stereocenters. The largest absolute Gasteiger partial charge is 0.333 e. The van der Waals surface area contributed by atoms with E-state index in [9.17, 15) is 4.79 Å². The fraction of sp³-hybridized carbons (Fsp3) is 0.700. The zero-order chi connectivity index (χ0) is 10.6. The summed E-state index contributed by atoms with van der Waals surface area (Å²) in [4.78, 5) is 13.4. The molecule has 0 heterocycles. The second-order valence-corrected chi connectivity index (χ2v) is 4.20. The molecule has 0 radical (unpaired) electrons. The van der Waals surface area contributed by atoms with Crippen LogP contribution in [0.25, 0.3) is 0 Å². The summed E-state index contributed by atoms with van der Waals surface area (Å²) >= 11 is 0. The Morgan fingerprint density at radius 2 is 2.08 bits per heavy atom. The van der Waals surface area contributed by atoms with E-state index in [0.29, 0.717) is 6.54 Å². The molecule has 0 aliphatic rings. The van der Waals surface area contributed by atoms with Gasteiger partial charge in [-0.05, 0) is 27.7 Å². The Hall–Kier alpha value is -0.830. The van der Waals surface area contributed by atoms with E-state index >= 15 is 0 Å². The predicted molar refractivity (Wildman–Crippen MR) is 55.3 cm³/mol. The first-order valence-electron chi connectivity index (χ1n) is 4.48. The van der Waals surface area contributed by atoms with Crippen LogP contribution in [0.15, 0.2) is 12.7 Å². The number of nitrogens with zero attached hydrogens (tertiary/aromatic N) is 1. The molecule has 3 nitrogen and oxygen atoms in total. The number of hydrogen-bond donors (Lipinski definition) is 1. The maximum absolute atomic E-state index is 11.6. The number of carbonyl (C=O) groups is 1. The maximum atomic E-state index is 11.6. The molecule has 0 aromatic heterocycles. The Kier molecular flexibility index (Phi) is 4.14. The van der Waals surface area contributed by atoms with Gasteiger partial charge in [-0.1, -0.05) is 6.08 Å². The Morgan fingerprint density at radius 1 is 1.62 bits per heavy atom. The van der Waals surface area contributed by atoms with Gasteiger partial charge in [-0.3, -0.25) is 4.79 Å². The molecule has 0 saturated carbocycles.